The Balaban J connectivity index is 4.68. The molecule has 3 N–H and O–H groups in total. The minimum atomic E-state index is -0.518. The van der Waals surface area contributed by atoms with Gasteiger partial charge in [0.05, 0.1) is 37.3 Å². The van der Waals surface area contributed by atoms with Gasteiger partial charge >= 0.3 is 11.9 Å². The van der Waals surface area contributed by atoms with Crippen molar-refractivity contribution in [3.8, 4) is 0 Å². The molecule has 0 saturated heterocycles. The van der Waals surface area contributed by atoms with Crippen molar-refractivity contribution in [2.24, 2.45) is 11.8 Å². The fraction of sp³-hybridized carbons (Fsp3) is 0.959. The Kier molecular flexibility index (Phi) is 42.0. The average molecular weight is 812 g/mol. The summed E-state index contributed by atoms with van der Waals surface area (Å²) in [6.07, 6.45) is 33.7. The van der Waals surface area contributed by atoms with Gasteiger partial charge in [-0.1, -0.05) is 156 Å². The number of aliphatic hydroxyl groups is 3. The average Bonchev–Trinajstić information content (AvgIpc) is 3.20. The molecule has 2 unspecified atom stereocenters. The van der Waals surface area contributed by atoms with Crippen molar-refractivity contribution in [3.05, 3.63) is 0 Å². The number of carbonyl (C=O) groups is 2. The van der Waals surface area contributed by atoms with Crippen LogP contribution in [0.15, 0.2) is 0 Å². The van der Waals surface area contributed by atoms with Gasteiger partial charge < -0.3 is 24.8 Å². The minimum absolute atomic E-state index is 0.0108. The first-order chi connectivity index (χ1) is 27.8. The van der Waals surface area contributed by atoms with Crippen LogP contribution in [0, 0.1) is 11.8 Å². The van der Waals surface area contributed by atoms with E-state index in [4.69, 9.17) is 9.47 Å². The second kappa shape index (κ2) is 42.9. The molecule has 57 heavy (non-hydrogen) atoms. The monoisotopic (exact) mass is 812 g/mol. The van der Waals surface area contributed by atoms with Crippen molar-refractivity contribution in [3.63, 3.8) is 0 Å². The van der Waals surface area contributed by atoms with Gasteiger partial charge in [0.1, 0.15) is 0 Å². The molecule has 0 aromatic heterocycles. The third kappa shape index (κ3) is 36.4. The number of esters is 2. The maximum absolute atomic E-state index is 13.0. The summed E-state index contributed by atoms with van der Waals surface area (Å²) in [6, 6.07) is 0. The molecule has 0 aliphatic heterocycles. The number of hydrogen-bond donors (Lipinski definition) is 3. The van der Waals surface area contributed by atoms with E-state index in [9.17, 15) is 24.9 Å². The van der Waals surface area contributed by atoms with Gasteiger partial charge in [0.25, 0.3) is 0 Å². The van der Waals surface area contributed by atoms with Crippen LogP contribution in [0.1, 0.15) is 240 Å². The second-order valence-electron chi connectivity index (χ2n) is 17.4. The quantitative estimate of drug-likeness (QED) is 0.0411. The van der Waals surface area contributed by atoms with Crippen molar-refractivity contribution >= 4 is 11.9 Å². The Labute approximate surface area is 353 Å². The first kappa shape index (κ1) is 55.8. The third-order valence-corrected chi connectivity index (χ3v) is 11.7. The lowest BCUT2D eigenvalue weighted by atomic mass is 9.94. The van der Waals surface area contributed by atoms with Crippen LogP contribution in [0.2, 0.25) is 0 Å². The normalized spacial score (nSPS) is 13.8. The summed E-state index contributed by atoms with van der Waals surface area (Å²) in [6.45, 7) is 11.6. The van der Waals surface area contributed by atoms with E-state index in [1.54, 1.807) is 0 Å². The molecular weight excluding hydrogens is 715 g/mol. The highest BCUT2D eigenvalue weighted by Gasteiger charge is 2.21. The molecule has 8 nitrogen and oxygen atoms in total. The highest BCUT2D eigenvalue weighted by atomic mass is 16.5. The molecule has 0 aliphatic rings. The Hall–Kier alpha value is -1.22. The first-order valence-electron chi connectivity index (χ1n) is 24.8. The lowest BCUT2D eigenvalue weighted by Gasteiger charge is -2.27. The molecule has 340 valence electrons. The molecule has 0 amide bonds. The van der Waals surface area contributed by atoms with E-state index in [1.807, 2.05) is 0 Å². The molecule has 8 heteroatoms. The molecule has 4 atom stereocenters. The molecule has 0 aromatic carbocycles. The summed E-state index contributed by atoms with van der Waals surface area (Å²) < 4.78 is 11.5. The number of hydrogen-bond acceptors (Lipinski definition) is 8. The zero-order valence-electron chi connectivity index (χ0n) is 38.3. The number of carbonyl (C=O) groups excluding carboxylic acids is 2. The lowest BCUT2D eigenvalue weighted by Crippen LogP contribution is -2.38. The maximum atomic E-state index is 13.0. The molecule has 0 radical (unpaired) electrons. The van der Waals surface area contributed by atoms with Crippen LogP contribution >= 0.6 is 0 Å². The molecule has 0 heterocycles. The number of ether oxygens (including phenoxy) is 2. The third-order valence-electron chi connectivity index (χ3n) is 11.7. The summed E-state index contributed by atoms with van der Waals surface area (Å²) >= 11 is 0. The van der Waals surface area contributed by atoms with Gasteiger partial charge in [-0.05, 0) is 90.0 Å². The van der Waals surface area contributed by atoms with E-state index < -0.39 is 12.2 Å². The standard InChI is InChI=1S/C49H97NO7/c1-5-9-13-17-19-24-34-44(32-22-15-11-7-3)48(54)56-40-30-26-36-46(52)42-50(38-28-21-29-39-51)43-47(53)37-27-31-41-57-49(55)45(33-23-16-12-8-4)35-25-20-18-14-10-6-2/h44-47,51-53H,5-43H2,1-4H3/t44?,45?,46-,47-/m1/s1. The van der Waals surface area contributed by atoms with E-state index in [0.717, 1.165) is 103 Å². The fourth-order valence-electron chi connectivity index (χ4n) is 7.94. The van der Waals surface area contributed by atoms with E-state index in [2.05, 4.69) is 32.6 Å². The van der Waals surface area contributed by atoms with Gasteiger partial charge in [0.15, 0.2) is 0 Å². The van der Waals surface area contributed by atoms with Crippen molar-refractivity contribution in [1.82, 2.24) is 4.90 Å². The Morgan fingerprint density at radius 2 is 0.737 bits per heavy atom. The van der Waals surface area contributed by atoms with E-state index in [0.29, 0.717) is 39.1 Å². The van der Waals surface area contributed by atoms with Gasteiger partial charge in [-0.15, -0.1) is 0 Å². The van der Waals surface area contributed by atoms with E-state index in [-0.39, 0.29) is 30.4 Å². The summed E-state index contributed by atoms with van der Waals surface area (Å²) in [5.41, 5.74) is 0. The number of unbranched alkanes of at least 4 members (excludes halogenated alkanes) is 20. The largest absolute Gasteiger partial charge is 0.465 e. The number of nitrogens with zero attached hydrogens (tertiary/aromatic N) is 1. The predicted octanol–water partition coefficient (Wildman–Crippen LogP) is 12.3. The van der Waals surface area contributed by atoms with Gasteiger partial charge in [-0.25, -0.2) is 0 Å². The van der Waals surface area contributed by atoms with Gasteiger partial charge in [-0.2, -0.15) is 0 Å². The van der Waals surface area contributed by atoms with Crippen LogP contribution in [0.5, 0.6) is 0 Å². The summed E-state index contributed by atoms with van der Waals surface area (Å²) in [4.78, 5) is 28.2. The fourth-order valence-corrected chi connectivity index (χ4v) is 7.94. The van der Waals surface area contributed by atoms with Crippen molar-refractivity contribution in [1.29, 1.82) is 0 Å². The van der Waals surface area contributed by atoms with E-state index in [1.165, 1.54) is 103 Å². The molecule has 0 rings (SSSR count). The smallest absolute Gasteiger partial charge is 0.308 e. The second-order valence-corrected chi connectivity index (χ2v) is 17.4. The van der Waals surface area contributed by atoms with Crippen molar-refractivity contribution < 1.29 is 34.4 Å². The highest BCUT2D eigenvalue weighted by molar-refractivity contribution is 5.72. The Morgan fingerprint density at radius 1 is 0.421 bits per heavy atom. The van der Waals surface area contributed by atoms with Crippen LogP contribution in [-0.2, 0) is 19.1 Å². The Bertz CT molecular complexity index is 796. The Morgan fingerprint density at radius 3 is 1.11 bits per heavy atom. The van der Waals surface area contributed by atoms with Crippen molar-refractivity contribution in [2.45, 2.75) is 252 Å². The van der Waals surface area contributed by atoms with Crippen LogP contribution in [0.25, 0.3) is 0 Å². The van der Waals surface area contributed by atoms with Crippen LogP contribution < -0.4 is 0 Å². The van der Waals surface area contributed by atoms with Gasteiger partial charge in [-0.3, -0.25) is 14.5 Å². The molecule has 0 saturated carbocycles. The van der Waals surface area contributed by atoms with Crippen LogP contribution in [0.3, 0.4) is 0 Å². The summed E-state index contributed by atoms with van der Waals surface area (Å²) in [7, 11) is 0. The van der Waals surface area contributed by atoms with Gasteiger partial charge in [0, 0.05) is 19.7 Å². The van der Waals surface area contributed by atoms with Gasteiger partial charge in [0.2, 0.25) is 0 Å². The SMILES string of the molecule is CCCCCCCCC(CCCCCC)C(=O)OCCCC[C@@H](O)CN(CCCCCO)C[C@H](O)CCCCOC(=O)C(CCCCCC)CCCCCCCC. The molecule has 0 aliphatic carbocycles. The zero-order valence-corrected chi connectivity index (χ0v) is 38.3. The summed E-state index contributed by atoms with van der Waals surface area (Å²) in [5, 5.41) is 31.1. The van der Waals surface area contributed by atoms with Crippen LogP contribution in [-0.4, -0.2) is 83.8 Å². The molecule has 0 aromatic rings. The zero-order chi connectivity index (χ0) is 42.0. The van der Waals surface area contributed by atoms with E-state index >= 15 is 0 Å². The molecule has 0 bridgehead atoms. The number of rotatable bonds is 45. The molecule has 0 fully saturated rings. The minimum Gasteiger partial charge on any atom is -0.465 e. The maximum Gasteiger partial charge on any atom is 0.308 e. The highest BCUT2D eigenvalue weighted by Crippen LogP contribution is 2.22. The van der Waals surface area contributed by atoms with Crippen molar-refractivity contribution in [2.75, 3.05) is 39.5 Å². The topological polar surface area (TPSA) is 117 Å². The predicted molar refractivity (Wildman–Crippen MR) is 239 cm³/mol. The molecule has 0 spiro atoms. The lowest BCUT2D eigenvalue weighted by molar-refractivity contribution is -0.150. The molecular formula is C49H97NO7. The van der Waals surface area contributed by atoms with Crippen LogP contribution in [0.4, 0.5) is 0 Å². The summed E-state index contributed by atoms with van der Waals surface area (Å²) in [5.74, 6) is -0.0483. The first-order valence-corrected chi connectivity index (χ1v) is 24.8. The number of aliphatic hydroxyl groups excluding tert-OH is 3.